The van der Waals surface area contributed by atoms with Gasteiger partial charge in [0, 0.05) is 11.1 Å². The number of halogens is 4. The molecule has 0 radical (unpaired) electrons. The molecule has 0 unspecified atom stereocenters. The monoisotopic (exact) mass is 489 g/mol. The number of aromatic nitrogens is 2. The fourth-order valence-electron chi connectivity index (χ4n) is 3.59. The lowest BCUT2D eigenvalue weighted by Crippen LogP contribution is -2.35. The molecule has 2 aromatic carbocycles. The number of hydrogen-bond acceptors (Lipinski definition) is 4. The van der Waals surface area contributed by atoms with Gasteiger partial charge in [-0.1, -0.05) is 35.9 Å². The number of hydrogen-bond donors (Lipinski definition) is 1. The Bertz CT molecular complexity index is 1260. The highest BCUT2D eigenvalue weighted by atomic mass is 35.5. The largest absolute Gasteiger partial charge is 0.434 e. The second kappa shape index (κ2) is 9.25. The van der Waals surface area contributed by atoms with Crippen LogP contribution in [0.5, 0.6) is 11.6 Å². The van der Waals surface area contributed by atoms with E-state index in [1.54, 1.807) is 25.1 Å². The Balaban J connectivity index is 1.59. The molecule has 3 aromatic rings. The molecule has 0 spiro atoms. The molecule has 1 aliphatic carbocycles. The van der Waals surface area contributed by atoms with Gasteiger partial charge in [0.15, 0.2) is 16.7 Å². The summed E-state index contributed by atoms with van der Waals surface area (Å²) in [6.07, 6.45) is 1.78. The van der Waals surface area contributed by atoms with Crippen molar-refractivity contribution in [1.29, 1.82) is 0 Å². The summed E-state index contributed by atoms with van der Waals surface area (Å²) in [5.74, 6) is -5.07. The average molecular weight is 490 g/mol. The molecule has 1 N–H and O–H groups in total. The third kappa shape index (κ3) is 4.87. The van der Waals surface area contributed by atoms with Crippen LogP contribution in [0, 0.1) is 26.6 Å². The number of carbonyl (C=O) groups excluding carboxylic acids is 1. The quantitative estimate of drug-likeness (QED) is 0.418. The first-order valence-electron chi connectivity index (χ1n) is 10.8. The van der Waals surface area contributed by atoms with E-state index in [1.165, 1.54) is 25.1 Å². The van der Waals surface area contributed by atoms with E-state index in [1.807, 2.05) is 6.92 Å². The van der Waals surface area contributed by atoms with Crippen LogP contribution in [0.15, 0.2) is 36.4 Å². The fourth-order valence-corrected chi connectivity index (χ4v) is 3.72. The van der Waals surface area contributed by atoms with Gasteiger partial charge in [-0.05, 0) is 68.4 Å². The van der Waals surface area contributed by atoms with E-state index < -0.39 is 24.2 Å². The number of alkyl halides is 2. The molecule has 0 atom stereocenters. The van der Waals surface area contributed by atoms with Crippen LogP contribution < -0.4 is 10.1 Å². The molecule has 1 heterocycles. The molecular formula is C25H23ClF3N3O2. The van der Waals surface area contributed by atoms with Gasteiger partial charge in [-0.2, -0.15) is 8.78 Å². The molecule has 1 saturated carbocycles. The predicted octanol–water partition coefficient (Wildman–Crippen LogP) is 6.39. The summed E-state index contributed by atoms with van der Waals surface area (Å²) in [5, 5.41) is 9.66. The van der Waals surface area contributed by atoms with Gasteiger partial charge in [0.05, 0.1) is 6.54 Å². The summed E-state index contributed by atoms with van der Waals surface area (Å²) in [6, 6.07) is 9.06. The zero-order valence-electron chi connectivity index (χ0n) is 18.9. The molecule has 1 aromatic heterocycles. The Kier molecular flexibility index (Phi) is 6.53. The summed E-state index contributed by atoms with van der Waals surface area (Å²) in [6.45, 7) is 4.09. The van der Waals surface area contributed by atoms with Crippen LogP contribution in [0.1, 0.15) is 56.9 Å². The first-order valence-corrected chi connectivity index (χ1v) is 11.2. The van der Waals surface area contributed by atoms with Gasteiger partial charge in [0.25, 0.3) is 17.7 Å². The van der Waals surface area contributed by atoms with E-state index in [4.69, 9.17) is 16.3 Å². The highest BCUT2D eigenvalue weighted by molar-refractivity contribution is 6.30. The van der Waals surface area contributed by atoms with Gasteiger partial charge >= 0.3 is 0 Å². The highest BCUT2D eigenvalue weighted by Crippen LogP contribution is 2.43. The molecule has 178 valence electrons. The van der Waals surface area contributed by atoms with Crippen molar-refractivity contribution in [3.05, 3.63) is 80.7 Å². The van der Waals surface area contributed by atoms with Crippen LogP contribution in [-0.4, -0.2) is 22.6 Å². The van der Waals surface area contributed by atoms with Crippen LogP contribution in [0.4, 0.5) is 13.2 Å². The van der Waals surface area contributed by atoms with Crippen molar-refractivity contribution in [2.75, 3.05) is 6.54 Å². The minimum absolute atomic E-state index is 0.0920. The first-order chi connectivity index (χ1) is 16.1. The van der Waals surface area contributed by atoms with Crippen molar-refractivity contribution in [3.8, 4) is 11.6 Å². The number of nitrogens with zero attached hydrogens (tertiary/aromatic N) is 2. The lowest BCUT2D eigenvalue weighted by atomic mass is 10.0. The molecule has 0 aliphatic heterocycles. The lowest BCUT2D eigenvalue weighted by molar-refractivity contribution is -0.00257. The Morgan fingerprint density at radius 2 is 1.88 bits per heavy atom. The van der Waals surface area contributed by atoms with Gasteiger partial charge in [-0.25, -0.2) is 4.39 Å². The first kappa shape index (κ1) is 24.0. The molecule has 1 amide bonds. The van der Waals surface area contributed by atoms with Gasteiger partial charge in [0.2, 0.25) is 0 Å². The summed E-state index contributed by atoms with van der Waals surface area (Å²) in [4.78, 5) is 13.0. The normalized spacial score (nSPS) is 13.6. The molecule has 34 heavy (non-hydrogen) atoms. The lowest BCUT2D eigenvalue weighted by Gasteiger charge is -2.19. The Labute approximate surface area is 200 Å². The maximum atomic E-state index is 14.9. The summed E-state index contributed by atoms with van der Waals surface area (Å²) in [5.41, 5.74) is 1.90. The SMILES string of the molecule is Cc1ccc(C(F)(F)CNC(=O)c2c(Oc3cccc(C4CC4)c3F)nnc(Cl)c2C)cc1C. The smallest absolute Gasteiger partial charge is 0.290 e. The summed E-state index contributed by atoms with van der Waals surface area (Å²) < 4.78 is 50.1. The molecular weight excluding hydrogens is 467 g/mol. The molecule has 1 fully saturated rings. The third-order valence-corrected chi connectivity index (χ3v) is 6.33. The van der Waals surface area contributed by atoms with Crippen LogP contribution in [-0.2, 0) is 5.92 Å². The molecule has 1 aliphatic rings. The topological polar surface area (TPSA) is 64.1 Å². The number of carbonyl (C=O) groups is 1. The third-order valence-electron chi connectivity index (χ3n) is 5.97. The number of nitrogens with one attached hydrogen (secondary N) is 1. The van der Waals surface area contributed by atoms with Crippen molar-refractivity contribution in [1.82, 2.24) is 15.5 Å². The van der Waals surface area contributed by atoms with Crippen molar-refractivity contribution >= 4 is 17.5 Å². The van der Waals surface area contributed by atoms with Crippen LogP contribution in [0.3, 0.4) is 0 Å². The average Bonchev–Trinajstić information content (AvgIpc) is 3.63. The Hall–Kier alpha value is -3.13. The van der Waals surface area contributed by atoms with Crippen molar-refractivity contribution in [3.63, 3.8) is 0 Å². The number of aryl methyl sites for hydroxylation is 2. The van der Waals surface area contributed by atoms with E-state index in [2.05, 4.69) is 15.5 Å². The van der Waals surface area contributed by atoms with Gasteiger partial charge in [-0.3, -0.25) is 4.79 Å². The summed E-state index contributed by atoms with van der Waals surface area (Å²) >= 11 is 6.03. The van der Waals surface area contributed by atoms with E-state index in [0.29, 0.717) is 5.56 Å². The van der Waals surface area contributed by atoms with Gasteiger partial charge in [-0.15, -0.1) is 10.2 Å². The molecule has 0 saturated heterocycles. The second-order valence-electron chi connectivity index (χ2n) is 8.52. The van der Waals surface area contributed by atoms with Gasteiger partial charge < -0.3 is 10.1 Å². The van der Waals surface area contributed by atoms with Crippen LogP contribution in [0.25, 0.3) is 0 Å². The second-order valence-corrected chi connectivity index (χ2v) is 8.88. The standard InChI is InChI=1S/C25H23ClF3N3O2/c1-13-7-10-17(11-14(13)2)25(28,29)12-30-23(33)20-15(3)22(26)31-32-24(20)34-19-6-4-5-18(21(19)27)16-8-9-16/h4-7,10-11,16H,8-9,12H2,1-3H3,(H,30,33). The van der Waals surface area contributed by atoms with Crippen LogP contribution >= 0.6 is 11.6 Å². The van der Waals surface area contributed by atoms with E-state index in [-0.39, 0.29) is 39.4 Å². The number of ether oxygens (including phenoxy) is 1. The Morgan fingerprint density at radius 3 is 2.56 bits per heavy atom. The number of amides is 1. The molecule has 0 bridgehead atoms. The maximum absolute atomic E-state index is 14.9. The zero-order valence-corrected chi connectivity index (χ0v) is 19.6. The van der Waals surface area contributed by atoms with Gasteiger partial charge in [0.1, 0.15) is 5.56 Å². The molecule has 5 nitrogen and oxygen atoms in total. The maximum Gasteiger partial charge on any atom is 0.290 e. The van der Waals surface area contributed by atoms with Crippen LogP contribution in [0.2, 0.25) is 5.15 Å². The Morgan fingerprint density at radius 1 is 1.15 bits per heavy atom. The van der Waals surface area contributed by atoms with E-state index in [9.17, 15) is 18.0 Å². The number of rotatable bonds is 7. The van der Waals surface area contributed by atoms with Crippen molar-refractivity contribution < 1.29 is 22.7 Å². The van der Waals surface area contributed by atoms with Crippen molar-refractivity contribution in [2.24, 2.45) is 0 Å². The minimum atomic E-state index is -3.32. The van der Waals surface area contributed by atoms with Crippen molar-refractivity contribution in [2.45, 2.75) is 45.5 Å². The number of benzene rings is 2. The predicted molar refractivity (Wildman–Crippen MR) is 122 cm³/mol. The van der Waals surface area contributed by atoms with E-state index >= 15 is 0 Å². The highest BCUT2D eigenvalue weighted by Gasteiger charge is 2.34. The molecule has 4 rings (SSSR count). The fraction of sp³-hybridized carbons (Fsp3) is 0.320. The minimum Gasteiger partial charge on any atom is -0.434 e. The molecule has 9 heteroatoms. The zero-order chi connectivity index (χ0) is 24.6. The van der Waals surface area contributed by atoms with E-state index in [0.717, 1.165) is 24.0 Å². The summed E-state index contributed by atoms with van der Waals surface area (Å²) in [7, 11) is 0.